The van der Waals surface area contributed by atoms with E-state index in [1.54, 1.807) is 18.7 Å². The van der Waals surface area contributed by atoms with Crippen molar-refractivity contribution in [2.24, 2.45) is 5.73 Å². The number of thiol groups is 1. The van der Waals surface area contributed by atoms with Crippen molar-refractivity contribution in [3.05, 3.63) is 0 Å². The average molecular weight is 245 g/mol. The van der Waals surface area contributed by atoms with Gasteiger partial charge in [-0.3, -0.25) is 5.41 Å². The molecule has 5 N–H and O–H groups in total. The van der Waals surface area contributed by atoms with Gasteiger partial charge >= 0.3 is 6.03 Å². The van der Waals surface area contributed by atoms with E-state index in [1.165, 1.54) is 0 Å². The zero-order valence-electron chi connectivity index (χ0n) is 9.58. The molecule has 0 aliphatic carbocycles. The molecule has 1 fully saturated rings. The highest BCUT2D eigenvalue weighted by atomic mass is 32.1. The number of likely N-dealkylation sites (tertiary alicyclic amines) is 1. The summed E-state index contributed by atoms with van der Waals surface area (Å²) in [4.78, 5) is 12.7. The number of carbonyl (C=O) groups excluding carboxylic acids is 1. The Hall–Kier alpha value is -1.11. The molecular formula is C9H19N5OS. The summed E-state index contributed by atoms with van der Waals surface area (Å²) in [5, 5.41) is 12.8. The summed E-state index contributed by atoms with van der Waals surface area (Å²) >= 11 is 4.20. The zero-order valence-corrected chi connectivity index (χ0v) is 10.5. The molecule has 0 aromatic carbocycles. The first-order valence-corrected chi connectivity index (χ1v) is 5.62. The third-order valence-corrected chi connectivity index (χ3v) is 2.40. The molecular weight excluding hydrogens is 226 g/mol. The summed E-state index contributed by atoms with van der Waals surface area (Å²) in [6.45, 7) is 4.90. The van der Waals surface area contributed by atoms with Crippen LogP contribution in [0, 0.1) is 5.41 Å². The van der Waals surface area contributed by atoms with Crippen LogP contribution < -0.4 is 16.4 Å². The molecule has 0 saturated carbocycles. The highest BCUT2D eigenvalue weighted by molar-refractivity contribution is 7.81. The van der Waals surface area contributed by atoms with Crippen molar-refractivity contribution in [3.8, 4) is 0 Å². The predicted molar refractivity (Wildman–Crippen MR) is 66.6 cm³/mol. The number of nitrogens with zero attached hydrogens (tertiary/aromatic N) is 1. The lowest BCUT2D eigenvalue weighted by molar-refractivity contribution is 0.233. The zero-order chi connectivity index (χ0) is 12.3. The van der Waals surface area contributed by atoms with E-state index in [2.05, 4.69) is 23.3 Å². The van der Waals surface area contributed by atoms with Gasteiger partial charge in [-0.05, 0) is 20.3 Å². The molecule has 0 spiro atoms. The van der Waals surface area contributed by atoms with E-state index in [0.29, 0.717) is 13.1 Å². The Morgan fingerprint density at radius 1 is 1.62 bits per heavy atom. The summed E-state index contributed by atoms with van der Waals surface area (Å²) < 4.78 is 0. The quantitative estimate of drug-likeness (QED) is 0.204. The highest BCUT2D eigenvalue weighted by Gasteiger charge is 2.25. The van der Waals surface area contributed by atoms with E-state index in [1.807, 2.05) is 0 Å². The molecule has 0 bridgehead atoms. The van der Waals surface area contributed by atoms with Crippen molar-refractivity contribution in [3.63, 3.8) is 0 Å². The van der Waals surface area contributed by atoms with Crippen LogP contribution in [0.2, 0.25) is 0 Å². The smallest absolute Gasteiger partial charge is 0.316 e. The Labute approximate surface area is 101 Å². The number of urea groups is 1. The number of hydrogen-bond donors (Lipinski definition) is 5. The van der Waals surface area contributed by atoms with Crippen molar-refractivity contribution < 1.29 is 4.79 Å². The summed E-state index contributed by atoms with van der Waals surface area (Å²) in [5.74, 6) is 0.0548. The molecule has 0 aromatic heterocycles. The molecule has 0 unspecified atom stereocenters. The van der Waals surface area contributed by atoms with E-state index in [0.717, 1.165) is 6.42 Å². The summed E-state index contributed by atoms with van der Waals surface area (Å²) in [5.41, 5.74) is 5.36. The molecule has 7 heteroatoms. The second-order valence-electron chi connectivity index (χ2n) is 4.47. The molecule has 6 nitrogen and oxygen atoms in total. The van der Waals surface area contributed by atoms with Crippen LogP contribution in [0.4, 0.5) is 4.79 Å². The standard InChI is InChI=1S/C9H19N5OS/c1-9(2,16)13-8(15)12-6-3-4-14(5-6)7(10)11/h6,16H,3-5H2,1-2H3,(H3,10,11)(H2,12,13,15)/t6-/m1/s1. The third-order valence-electron chi connectivity index (χ3n) is 2.28. The van der Waals surface area contributed by atoms with Crippen LogP contribution in [0.5, 0.6) is 0 Å². The normalized spacial score (nSPS) is 20.7. The average Bonchev–Trinajstić information content (AvgIpc) is 2.48. The van der Waals surface area contributed by atoms with Crippen LogP contribution in [-0.4, -0.2) is 40.9 Å². The molecule has 1 rings (SSSR count). The van der Waals surface area contributed by atoms with Crippen LogP contribution in [-0.2, 0) is 0 Å². The van der Waals surface area contributed by atoms with Gasteiger partial charge in [-0.25, -0.2) is 4.79 Å². The van der Waals surface area contributed by atoms with E-state index in [-0.39, 0.29) is 18.0 Å². The minimum absolute atomic E-state index is 0.0413. The largest absolute Gasteiger partial charge is 0.370 e. The maximum Gasteiger partial charge on any atom is 0.316 e. The minimum Gasteiger partial charge on any atom is -0.370 e. The lowest BCUT2D eigenvalue weighted by atomic mass is 10.3. The van der Waals surface area contributed by atoms with Gasteiger partial charge in [-0.15, -0.1) is 0 Å². The van der Waals surface area contributed by atoms with Gasteiger partial charge in [0.05, 0.1) is 4.87 Å². The number of rotatable bonds is 2. The first-order valence-electron chi connectivity index (χ1n) is 5.18. The summed E-state index contributed by atoms with van der Waals surface area (Å²) in [6, 6.07) is -0.199. The van der Waals surface area contributed by atoms with Gasteiger partial charge in [0.2, 0.25) is 0 Å². The number of carbonyl (C=O) groups is 1. The Kier molecular flexibility index (Phi) is 3.90. The van der Waals surface area contributed by atoms with E-state index >= 15 is 0 Å². The van der Waals surface area contributed by atoms with E-state index in [9.17, 15) is 4.79 Å². The van der Waals surface area contributed by atoms with Gasteiger partial charge in [0.25, 0.3) is 0 Å². The van der Waals surface area contributed by atoms with Crippen molar-refractivity contribution in [1.82, 2.24) is 15.5 Å². The number of amides is 2. The molecule has 1 aliphatic heterocycles. The van der Waals surface area contributed by atoms with Gasteiger partial charge in [0.1, 0.15) is 0 Å². The summed E-state index contributed by atoms with van der Waals surface area (Å²) in [6.07, 6.45) is 0.806. The van der Waals surface area contributed by atoms with E-state index < -0.39 is 4.87 Å². The molecule has 0 radical (unpaired) electrons. The number of nitrogens with two attached hydrogens (primary N) is 1. The highest BCUT2D eigenvalue weighted by Crippen LogP contribution is 2.09. The first-order chi connectivity index (χ1) is 7.28. The predicted octanol–water partition coefficient (Wildman–Crippen LogP) is -0.0807. The van der Waals surface area contributed by atoms with Crippen LogP contribution >= 0.6 is 12.6 Å². The Morgan fingerprint density at radius 3 is 2.69 bits per heavy atom. The molecule has 0 aromatic rings. The molecule has 1 saturated heterocycles. The fourth-order valence-electron chi connectivity index (χ4n) is 1.60. The summed E-state index contributed by atoms with van der Waals surface area (Å²) in [7, 11) is 0. The lowest BCUT2D eigenvalue weighted by Crippen LogP contribution is -2.49. The topological polar surface area (TPSA) is 94.2 Å². The van der Waals surface area contributed by atoms with Gasteiger partial charge in [-0.2, -0.15) is 12.6 Å². The fraction of sp³-hybridized carbons (Fsp3) is 0.778. The van der Waals surface area contributed by atoms with Crippen molar-refractivity contribution >= 4 is 24.6 Å². The molecule has 2 amide bonds. The van der Waals surface area contributed by atoms with Gasteiger partial charge in [0.15, 0.2) is 5.96 Å². The molecule has 1 heterocycles. The van der Waals surface area contributed by atoms with Crippen LogP contribution in [0.25, 0.3) is 0 Å². The van der Waals surface area contributed by atoms with Crippen LogP contribution in [0.15, 0.2) is 0 Å². The van der Waals surface area contributed by atoms with Crippen molar-refractivity contribution in [2.45, 2.75) is 31.2 Å². The van der Waals surface area contributed by atoms with Gasteiger partial charge in [-0.1, -0.05) is 0 Å². The number of guanidine groups is 1. The Bertz CT molecular complexity index is 288. The van der Waals surface area contributed by atoms with Crippen LogP contribution in [0.1, 0.15) is 20.3 Å². The second kappa shape index (κ2) is 4.82. The van der Waals surface area contributed by atoms with Gasteiger partial charge in [0, 0.05) is 19.1 Å². The third kappa shape index (κ3) is 4.18. The Balaban J connectivity index is 2.34. The maximum absolute atomic E-state index is 11.5. The Morgan fingerprint density at radius 2 is 2.25 bits per heavy atom. The lowest BCUT2D eigenvalue weighted by Gasteiger charge is -2.22. The van der Waals surface area contributed by atoms with Crippen molar-refractivity contribution in [1.29, 1.82) is 5.41 Å². The molecule has 16 heavy (non-hydrogen) atoms. The second-order valence-corrected chi connectivity index (χ2v) is 5.59. The van der Waals surface area contributed by atoms with E-state index in [4.69, 9.17) is 11.1 Å². The number of nitrogens with one attached hydrogen (secondary N) is 3. The maximum atomic E-state index is 11.5. The molecule has 1 atom stereocenters. The monoisotopic (exact) mass is 245 g/mol. The SMILES string of the molecule is CC(C)(S)NC(=O)N[C@@H]1CCN(C(=N)N)C1. The van der Waals surface area contributed by atoms with Crippen molar-refractivity contribution in [2.75, 3.05) is 13.1 Å². The number of hydrogen-bond acceptors (Lipinski definition) is 3. The first kappa shape index (κ1) is 13.0. The fourth-order valence-corrected chi connectivity index (χ4v) is 1.70. The molecule has 92 valence electrons. The minimum atomic E-state index is -0.539. The van der Waals surface area contributed by atoms with Gasteiger partial charge < -0.3 is 21.3 Å². The molecule has 1 aliphatic rings. The van der Waals surface area contributed by atoms with Crippen LogP contribution in [0.3, 0.4) is 0 Å².